The lowest BCUT2D eigenvalue weighted by molar-refractivity contribution is -0.245. The van der Waals surface area contributed by atoms with E-state index in [4.69, 9.17) is 24.1 Å². The van der Waals surface area contributed by atoms with Crippen molar-refractivity contribution in [3.8, 4) is 22.6 Å². The number of halogens is 1. The smallest absolute Gasteiger partial charge is 0.277 e. The molecule has 0 bridgehead atoms. The number of benzene rings is 4. The fourth-order valence-electron chi connectivity index (χ4n) is 6.06. The Bertz CT molecular complexity index is 1850. The number of nitrogens with one attached hydrogen (secondary N) is 2. The molecule has 4 aromatic carbocycles. The molecule has 1 aliphatic heterocycles. The molecular weight excluding hydrogens is 698 g/mol. The number of carbonyl (C=O) groups is 2. The van der Waals surface area contributed by atoms with Crippen molar-refractivity contribution in [3.05, 3.63) is 126 Å². The van der Waals surface area contributed by atoms with Crippen LogP contribution in [0.4, 0.5) is 10.1 Å². The van der Waals surface area contributed by atoms with Crippen LogP contribution in [0.3, 0.4) is 0 Å². The van der Waals surface area contributed by atoms with Crippen LogP contribution in [-0.4, -0.2) is 45.1 Å². The standard InChI is InChI=1S/C41H42FN3O7S/c42-34(39(48)45-49)14-8-3-9-15-36(47)43-32-22-20-31(21-23-32)40-50-33(24-35(51-40)28-18-16-27(25-46)17-19-28)26-53-41-44-37(29-10-4-1-5-11-29)38(52-41)30-12-6-2-7-13-30/h1-2,4-7,10-13,16-23,33-35,40,46,49H,3,8-9,14-15,24-26H2,(H,43,47)(H,45,48). The highest BCUT2D eigenvalue weighted by Crippen LogP contribution is 2.41. The van der Waals surface area contributed by atoms with Crippen molar-refractivity contribution in [1.82, 2.24) is 10.5 Å². The van der Waals surface area contributed by atoms with Crippen molar-refractivity contribution in [3.63, 3.8) is 0 Å². The Balaban J connectivity index is 1.11. The summed E-state index contributed by atoms with van der Waals surface area (Å²) >= 11 is 1.49. The number of carbonyl (C=O) groups excluding carboxylic acids is 2. The Morgan fingerprint density at radius 2 is 1.53 bits per heavy atom. The highest BCUT2D eigenvalue weighted by atomic mass is 32.2. The summed E-state index contributed by atoms with van der Waals surface area (Å²) in [6.07, 6.45) is -0.591. The highest BCUT2D eigenvalue weighted by Gasteiger charge is 2.33. The maximum absolute atomic E-state index is 13.5. The van der Waals surface area contributed by atoms with Gasteiger partial charge in [-0.3, -0.25) is 14.8 Å². The van der Waals surface area contributed by atoms with Crippen molar-refractivity contribution in [2.75, 3.05) is 11.1 Å². The molecule has 12 heteroatoms. The third-order valence-corrected chi connectivity index (χ3v) is 9.88. The Hall–Kier alpha value is -4.85. The highest BCUT2D eigenvalue weighted by molar-refractivity contribution is 7.99. The number of rotatable bonds is 16. The van der Waals surface area contributed by atoms with Gasteiger partial charge in [-0.2, -0.15) is 0 Å². The molecule has 0 saturated carbocycles. The topological polar surface area (TPSA) is 143 Å². The van der Waals surface area contributed by atoms with E-state index in [2.05, 4.69) is 5.32 Å². The molecule has 1 aliphatic rings. The molecule has 1 aromatic heterocycles. The maximum atomic E-state index is 13.5. The molecule has 4 N–H and O–H groups in total. The molecule has 6 rings (SSSR count). The first-order chi connectivity index (χ1) is 25.9. The number of oxazole rings is 1. The second-order valence-corrected chi connectivity index (χ2v) is 13.7. The van der Waals surface area contributed by atoms with Gasteiger partial charge < -0.3 is 24.3 Å². The molecule has 1 saturated heterocycles. The predicted octanol–water partition coefficient (Wildman–Crippen LogP) is 8.57. The minimum absolute atomic E-state index is 0.0146. The second-order valence-electron chi connectivity index (χ2n) is 12.8. The number of hydrogen-bond acceptors (Lipinski definition) is 9. The lowest BCUT2D eigenvalue weighted by Gasteiger charge is -2.36. The van der Waals surface area contributed by atoms with Gasteiger partial charge in [-0.05, 0) is 42.5 Å². The number of aliphatic hydroxyl groups excluding tert-OH is 1. The molecule has 4 unspecified atom stereocenters. The number of unbranched alkanes of at least 4 members (excludes halogenated alkanes) is 2. The number of aliphatic hydroxyl groups is 1. The van der Waals surface area contributed by atoms with Crippen LogP contribution in [0.25, 0.3) is 22.6 Å². The Morgan fingerprint density at radius 3 is 2.21 bits per heavy atom. The zero-order chi connectivity index (χ0) is 37.0. The molecule has 0 spiro atoms. The van der Waals surface area contributed by atoms with E-state index in [1.807, 2.05) is 97.1 Å². The van der Waals surface area contributed by atoms with Crippen LogP contribution >= 0.6 is 11.8 Å². The van der Waals surface area contributed by atoms with Crippen LogP contribution in [0.1, 0.15) is 67.6 Å². The van der Waals surface area contributed by atoms with E-state index in [1.54, 1.807) is 12.1 Å². The molecule has 4 atom stereocenters. The van der Waals surface area contributed by atoms with Gasteiger partial charge in [0.2, 0.25) is 5.91 Å². The van der Waals surface area contributed by atoms with Crippen molar-refractivity contribution in [1.29, 1.82) is 0 Å². The van der Waals surface area contributed by atoms with Crippen LogP contribution in [0.15, 0.2) is 119 Å². The summed E-state index contributed by atoms with van der Waals surface area (Å²) in [5, 5.41) is 21.5. The van der Waals surface area contributed by atoms with Gasteiger partial charge >= 0.3 is 0 Å². The van der Waals surface area contributed by atoms with Gasteiger partial charge in [-0.25, -0.2) is 14.9 Å². The van der Waals surface area contributed by atoms with Crippen molar-refractivity contribution >= 4 is 29.3 Å². The Kier molecular flexibility index (Phi) is 13.4. The lowest BCUT2D eigenvalue weighted by Crippen LogP contribution is -2.31. The molecule has 0 aliphatic carbocycles. The van der Waals surface area contributed by atoms with Crippen molar-refractivity contribution in [2.45, 2.75) is 75.0 Å². The van der Waals surface area contributed by atoms with Gasteiger partial charge in [0.05, 0.1) is 18.8 Å². The minimum Gasteiger partial charge on any atom is -0.431 e. The lowest BCUT2D eigenvalue weighted by atomic mass is 10.0. The number of aromatic nitrogens is 1. The van der Waals surface area contributed by atoms with Crippen LogP contribution in [0.5, 0.6) is 0 Å². The van der Waals surface area contributed by atoms with E-state index in [9.17, 15) is 19.1 Å². The van der Waals surface area contributed by atoms with Crippen molar-refractivity contribution < 1.29 is 38.2 Å². The molecular formula is C41H42FN3O7S. The van der Waals surface area contributed by atoms with Gasteiger partial charge in [-0.15, -0.1) is 0 Å². The molecule has 5 aromatic rings. The van der Waals surface area contributed by atoms with Gasteiger partial charge in [-0.1, -0.05) is 115 Å². The van der Waals surface area contributed by atoms with Gasteiger partial charge in [0.1, 0.15) is 5.69 Å². The summed E-state index contributed by atoms with van der Waals surface area (Å²) in [6.45, 7) is -0.0448. The Labute approximate surface area is 311 Å². The fraction of sp³-hybridized carbons (Fsp3) is 0.293. The molecule has 0 radical (unpaired) electrons. The molecule has 10 nitrogen and oxygen atoms in total. The average molecular weight is 740 g/mol. The SMILES string of the molecule is O=C(CCCCCC(F)C(=O)NO)Nc1ccc(C2OC(CSc3nc(-c4ccccc4)c(-c4ccccc4)o3)CC(c3ccc(CO)cc3)O2)cc1. The number of nitrogens with zero attached hydrogens (tertiary/aromatic N) is 1. The zero-order valence-corrected chi connectivity index (χ0v) is 29.8. The number of ether oxygens (including phenoxy) is 2. The van der Waals surface area contributed by atoms with E-state index < -0.39 is 18.4 Å². The van der Waals surface area contributed by atoms with Crippen molar-refractivity contribution in [2.24, 2.45) is 0 Å². The molecule has 276 valence electrons. The summed E-state index contributed by atoms with van der Waals surface area (Å²) < 4.78 is 32.9. The third-order valence-electron chi connectivity index (χ3n) is 8.92. The summed E-state index contributed by atoms with van der Waals surface area (Å²) in [5.74, 6) is 0.0359. The summed E-state index contributed by atoms with van der Waals surface area (Å²) in [6, 6.07) is 34.9. The van der Waals surface area contributed by atoms with Crippen LogP contribution < -0.4 is 10.8 Å². The zero-order valence-electron chi connectivity index (χ0n) is 29.0. The van der Waals surface area contributed by atoms with Gasteiger partial charge in [0, 0.05) is 41.0 Å². The van der Waals surface area contributed by atoms with E-state index in [-0.39, 0.29) is 37.6 Å². The number of alkyl halides is 1. The third kappa shape index (κ3) is 10.4. The molecule has 2 amide bonds. The summed E-state index contributed by atoms with van der Waals surface area (Å²) in [7, 11) is 0. The minimum atomic E-state index is -1.77. The number of anilines is 1. The molecule has 53 heavy (non-hydrogen) atoms. The monoisotopic (exact) mass is 739 g/mol. The van der Waals surface area contributed by atoms with E-state index in [0.717, 1.165) is 33.5 Å². The van der Waals surface area contributed by atoms with Crippen LogP contribution in [-0.2, 0) is 25.7 Å². The number of hydrogen-bond donors (Lipinski definition) is 4. The van der Waals surface area contributed by atoms with Gasteiger partial charge in [0.25, 0.3) is 11.1 Å². The number of hydroxylamine groups is 1. The van der Waals surface area contributed by atoms with Crippen LogP contribution in [0, 0.1) is 0 Å². The van der Waals surface area contributed by atoms with Gasteiger partial charge in [0.15, 0.2) is 18.2 Å². The van der Waals surface area contributed by atoms with Crippen LogP contribution in [0.2, 0.25) is 0 Å². The second kappa shape index (κ2) is 18.8. The maximum Gasteiger partial charge on any atom is 0.277 e. The molecule has 1 fully saturated rings. The van der Waals surface area contributed by atoms with E-state index in [0.29, 0.717) is 48.1 Å². The quantitative estimate of drug-likeness (QED) is 0.0339. The predicted molar refractivity (Wildman–Crippen MR) is 200 cm³/mol. The first-order valence-electron chi connectivity index (χ1n) is 17.6. The Morgan fingerprint density at radius 1 is 0.849 bits per heavy atom. The van der Waals surface area contributed by atoms with E-state index in [1.165, 1.54) is 17.2 Å². The normalized spacial score (nSPS) is 17.6. The summed E-state index contributed by atoms with van der Waals surface area (Å²) in [5.41, 5.74) is 7.19. The van der Waals surface area contributed by atoms with E-state index >= 15 is 0 Å². The fourth-order valence-corrected chi connectivity index (χ4v) is 6.90. The molecule has 2 heterocycles. The number of amides is 2. The first kappa shape index (κ1) is 37.9. The first-order valence-corrected chi connectivity index (χ1v) is 18.6. The number of thioether (sulfide) groups is 1. The average Bonchev–Trinajstić information content (AvgIpc) is 3.65. The summed E-state index contributed by atoms with van der Waals surface area (Å²) in [4.78, 5) is 28.5. The largest absolute Gasteiger partial charge is 0.431 e.